The Bertz CT molecular complexity index is 449. The van der Waals surface area contributed by atoms with Crippen LogP contribution < -0.4 is 10.6 Å². The number of hydrogen-bond acceptors (Lipinski definition) is 4. The van der Waals surface area contributed by atoms with Gasteiger partial charge in [0, 0.05) is 32.7 Å². The largest absolute Gasteiger partial charge is 0.384 e. The lowest BCUT2D eigenvalue weighted by molar-refractivity contribution is 0.240. The molecule has 102 valence electrons. The van der Waals surface area contributed by atoms with E-state index in [2.05, 4.69) is 15.5 Å². The molecular formula is C14H19FN4. The number of halogens is 1. The molecule has 5 heteroatoms. The van der Waals surface area contributed by atoms with Gasteiger partial charge in [-0.15, -0.1) is 0 Å². The van der Waals surface area contributed by atoms with E-state index in [1.54, 1.807) is 12.1 Å². The number of anilines is 1. The first-order valence-electron chi connectivity index (χ1n) is 6.67. The lowest BCUT2D eigenvalue weighted by atomic mass is 10.2. The minimum Gasteiger partial charge on any atom is -0.384 e. The number of piperazine rings is 1. The van der Waals surface area contributed by atoms with E-state index in [0.717, 1.165) is 45.7 Å². The van der Waals surface area contributed by atoms with Gasteiger partial charge in [-0.2, -0.15) is 5.26 Å². The van der Waals surface area contributed by atoms with Crippen molar-refractivity contribution in [2.45, 2.75) is 6.42 Å². The van der Waals surface area contributed by atoms with E-state index in [1.807, 2.05) is 6.07 Å². The molecule has 0 saturated carbocycles. The van der Waals surface area contributed by atoms with Crippen LogP contribution in [0.1, 0.15) is 12.0 Å². The Kier molecular flexibility index (Phi) is 5.13. The zero-order chi connectivity index (χ0) is 13.5. The minimum absolute atomic E-state index is 0.102. The van der Waals surface area contributed by atoms with E-state index < -0.39 is 5.82 Å². The van der Waals surface area contributed by atoms with E-state index in [1.165, 1.54) is 6.07 Å². The molecular weight excluding hydrogens is 243 g/mol. The van der Waals surface area contributed by atoms with Gasteiger partial charge >= 0.3 is 0 Å². The molecule has 0 aromatic heterocycles. The van der Waals surface area contributed by atoms with Crippen molar-refractivity contribution >= 4 is 5.69 Å². The molecule has 19 heavy (non-hydrogen) atoms. The summed E-state index contributed by atoms with van der Waals surface area (Å²) < 4.78 is 13.4. The van der Waals surface area contributed by atoms with Gasteiger partial charge in [-0.3, -0.25) is 0 Å². The fraction of sp³-hybridized carbons (Fsp3) is 0.500. The molecule has 0 spiro atoms. The number of rotatable bonds is 5. The van der Waals surface area contributed by atoms with E-state index in [4.69, 9.17) is 5.26 Å². The first-order valence-corrected chi connectivity index (χ1v) is 6.67. The second kappa shape index (κ2) is 7.07. The van der Waals surface area contributed by atoms with Gasteiger partial charge in [0.15, 0.2) is 0 Å². The predicted octanol–water partition coefficient (Wildman–Crippen LogP) is 1.40. The predicted molar refractivity (Wildman–Crippen MR) is 73.5 cm³/mol. The summed E-state index contributed by atoms with van der Waals surface area (Å²) in [4.78, 5) is 2.41. The number of nitrogens with zero attached hydrogens (tertiary/aromatic N) is 2. The third-order valence-electron chi connectivity index (χ3n) is 3.30. The smallest absolute Gasteiger partial charge is 0.143 e. The molecule has 0 bridgehead atoms. The Morgan fingerprint density at radius 1 is 1.37 bits per heavy atom. The monoisotopic (exact) mass is 262 g/mol. The third kappa shape index (κ3) is 3.91. The molecule has 0 aliphatic carbocycles. The molecule has 0 amide bonds. The van der Waals surface area contributed by atoms with Crippen LogP contribution in [0.5, 0.6) is 0 Å². The molecule has 0 unspecified atom stereocenters. The van der Waals surface area contributed by atoms with Gasteiger partial charge in [0.05, 0.1) is 5.69 Å². The van der Waals surface area contributed by atoms with Crippen molar-refractivity contribution < 1.29 is 4.39 Å². The van der Waals surface area contributed by atoms with Gasteiger partial charge in [-0.05, 0) is 25.1 Å². The van der Waals surface area contributed by atoms with Crippen molar-refractivity contribution in [2.24, 2.45) is 0 Å². The molecule has 1 heterocycles. The van der Waals surface area contributed by atoms with Gasteiger partial charge in [-0.25, -0.2) is 4.39 Å². The van der Waals surface area contributed by atoms with E-state index in [9.17, 15) is 4.39 Å². The number of benzene rings is 1. The van der Waals surface area contributed by atoms with Crippen LogP contribution in [0, 0.1) is 17.1 Å². The molecule has 1 saturated heterocycles. The van der Waals surface area contributed by atoms with Crippen LogP contribution in [0.3, 0.4) is 0 Å². The van der Waals surface area contributed by atoms with Gasteiger partial charge in [0.1, 0.15) is 17.4 Å². The average molecular weight is 262 g/mol. The summed E-state index contributed by atoms with van der Waals surface area (Å²) in [6, 6.07) is 6.57. The number of hydrogen-bond donors (Lipinski definition) is 2. The van der Waals surface area contributed by atoms with E-state index in [-0.39, 0.29) is 5.56 Å². The Morgan fingerprint density at radius 3 is 2.89 bits per heavy atom. The summed E-state index contributed by atoms with van der Waals surface area (Å²) in [5.41, 5.74) is 0.687. The highest BCUT2D eigenvalue weighted by molar-refractivity contribution is 5.57. The van der Waals surface area contributed by atoms with Crippen LogP contribution in [-0.4, -0.2) is 44.2 Å². The van der Waals surface area contributed by atoms with Crippen LogP contribution >= 0.6 is 0 Å². The molecule has 0 atom stereocenters. The second-order valence-electron chi connectivity index (χ2n) is 4.65. The topological polar surface area (TPSA) is 51.1 Å². The Morgan fingerprint density at radius 2 is 2.16 bits per heavy atom. The minimum atomic E-state index is -0.463. The first-order chi connectivity index (χ1) is 9.31. The molecule has 2 N–H and O–H groups in total. The maximum Gasteiger partial charge on any atom is 0.143 e. The standard InChI is InChI=1S/C14H19FN4/c15-13-3-1-4-14(12(13)11-16)18-5-2-8-19-9-6-17-7-10-19/h1,3-4,17-18H,2,5-10H2. The van der Waals surface area contributed by atoms with Crippen LogP contribution in [0.4, 0.5) is 10.1 Å². The summed E-state index contributed by atoms with van der Waals surface area (Å²) in [5.74, 6) is -0.463. The van der Waals surface area contributed by atoms with E-state index >= 15 is 0 Å². The number of nitrogens with one attached hydrogen (secondary N) is 2. The Balaban J connectivity index is 1.76. The zero-order valence-electron chi connectivity index (χ0n) is 11.0. The van der Waals surface area contributed by atoms with Gasteiger partial charge in [0.25, 0.3) is 0 Å². The molecule has 1 aromatic rings. The van der Waals surface area contributed by atoms with Crippen LogP contribution in [0.15, 0.2) is 18.2 Å². The summed E-state index contributed by atoms with van der Waals surface area (Å²) in [6.07, 6.45) is 0.987. The van der Waals surface area contributed by atoms with Crippen LogP contribution in [-0.2, 0) is 0 Å². The SMILES string of the molecule is N#Cc1c(F)cccc1NCCCN1CCNCC1. The summed E-state index contributed by atoms with van der Waals surface area (Å²) in [6.45, 7) is 6.06. The normalized spacial score (nSPS) is 16.0. The lowest BCUT2D eigenvalue weighted by Gasteiger charge is -2.27. The first kappa shape index (κ1) is 13.8. The van der Waals surface area contributed by atoms with Crippen LogP contribution in [0.2, 0.25) is 0 Å². The quantitative estimate of drug-likeness (QED) is 0.788. The molecule has 0 radical (unpaired) electrons. The lowest BCUT2D eigenvalue weighted by Crippen LogP contribution is -2.44. The molecule has 4 nitrogen and oxygen atoms in total. The van der Waals surface area contributed by atoms with Crippen molar-refractivity contribution in [1.29, 1.82) is 5.26 Å². The third-order valence-corrected chi connectivity index (χ3v) is 3.30. The Hall–Kier alpha value is -1.64. The van der Waals surface area contributed by atoms with Crippen molar-refractivity contribution in [3.8, 4) is 6.07 Å². The average Bonchev–Trinajstić information content (AvgIpc) is 2.45. The molecule has 2 rings (SSSR count). The zero-order valence-corrected chi connectivity index (χ0v) is 11.0. The van der Waals surface area contributed by atoms with Crippen molar-refractivity contribution in [2.75, 3.05) is 44.6 Å². The molecule has 1 aliphatic rings. The highest BCUT2D eigenvalue weighted by Gasteiger charge is 2.09. The second-order valence-corrected chi connectivity index (χ2v) is 4.65. The maximum atomic E-state index is 13.4. The highest BCUT2D eigenvalue weighted by Crippen LogP contribution is 2.17. The summed E-state index contributed by atoms with van der Waals surface area (Å²) in [7, 11) is 0. The number of nitriles is 1. The van der Waals surface area contributed by atoms with Crippen molar-refractivity contribution in [3.63, 3.8) is 0 Å². The van der Waals surface area contributed by atoms with Crippen molar-refractivity contribution in [3.05, 3.63) is 29.6 Å². The highest BCUT2D eigenvalue weighted by atomic mass is 19.1. The van der Waals surface area contributed by atoms with E-state index in [0.29, 0.717) is 5.69 Å². The van der Waals surface area contributed by atoms with Crippen molar-refractivity contribution in [1.82, 2.24) is 10.2 Å². The van der Waals surface area contributed by atoms with Gasteiger partial charge in [-0.1, -0.05) is 6.07 Å². The maximum absolute atomic E-state index is 13.4. The molecule has 1 aliphatic heterocycles. The fourth-order valence-electron chi connectivity index (χ4n) is 2.25. The molecule has 1 fully saturated rings. The molecule has 1 aromatic carbocycles. The van der Waals surface area contributed by atoms with Gasteiger partial charge in [0.2, 0.25) is 0 Å². The Labute approximate surface area is 113 Å². The van der Waals surface area contributed by atoms with Gasteiger partial charge < -0.3 is 15.5 Å². The fourth-order valence-corrected chi connectivity index (χ4v) is 2.25. The summed E-state index contributed by atoms with van der Waals surface area (Å²) >= 11 is 0. The van der Waals surface area contributed by atoms with Crippen LogP contribution in [0.25, 0.3) is 0 Å². The summed E-state index contributed by atoms with van der Waals surface area (Å²) in [5, 5.41) is 15.4.